The molecule has 1 saturated carbocycles. The Balaban J connectivity index is 1.33. The number of hydrogen-bond acceptors (Lipinski definition) is 4. The third-order valence-corrected chi connectivity index (χ3v) is 6.67. The Morgan fingerprint density at radius 2 is 2.00 bits per heavy atom. The van der Waals surface area contributed by atoms with Crippen LogP contribution in [-0.2, 0) is 10.2 Å². The van der Waals surface area contributed by atoms with Gasteiger partial charge in [-0.15, -0.1) is 0 Å². The van der Waals surface area contributed by atoms with Crippen molar-refractivity contribution in [2.75, 3.05) is 13.1 Å². The summed E-state index contributed by atoms with van der Waals surface area (Å²) in [6, 6.07) is 14.2. The van der Waals surface area contributed by atoms with Gasteiger partial charge in [0.2, 0.25) is 17.6 Å². The van der Waals surface area contributed by atoms with E-state index in [0.29, 0.717) is 23.8 Å². The Hall–Kier alpha value is -2.54. The summed E-state index contributed by atoms with van der Waals surface area (Å²) in [5, 5.41) is 4.03. The van der Waals surface area contributed by atoms with Gasteiger partial charge in [0.05, 0.1) is 11.3 Å². The van der Waals surface area contributed by atoms with E-state index >= 15 is 0 Å². The van der Waals surface area contributed by atoms with Gasteiger partial charge in [-0.05, 0) is 55.5 Å². The highest BCUT2D eigenvalue weighted by molar-refractivity contribution is 9.10. The van der Waals surface area contributed by atoms with Crippen molar-refractivity contribution in [2.45, 2.75) is 37.0 Å². The summed E-state index contributed by atoms with van der Waals surface area (Å²) in [5.74, 6) is 0.746. The third-order valence-electron chi connectivity index (χ3n) is 6.14. The van der Waals surface area contributed by atoms with Gasteiger partial charge in [0.1, 0.15) is 5.82 Å². The molecule has 1 aliphatic heterocycles. The molecule has 5 nitrogen and oxygen atoms in total. The number of nitrogens with zero attached hydrogens (tertiary/aromatic N) is 3. The molecule has 1 saturated heterocycles. The molecule has 1 unspecified atom stereocenters. The Bertz CT molecular complexity index is 1080. The SMILES string of the molecule is O=C(N1CCCC(c2nc(-c3cccc(F)c3)no2)C1)C1(c2ccc(Br)cc2)CC1. The minimum Gasteiger partial charge on any atom is -0.341 e. The van der Waals surface area contributed by atoms with Crippen LogP contribution < -0.4 is 0 Å². The van der Waals surface area contributed by atoms with Crippen molar-refractivity contribution in [3.63, 3.8) is 0 Å². The van der Waals surface area contributed by atoms with Crippen LogP contribution in [0.5, 0.6) is 0 Å². The molecule has 2 aromatic carbocycles. The molecule has 0 radical (unpaired) electrons. The largest absolute Gasteiger partial charge is 0.341 e. The van der Waals surface area contributed by atoms with Crippen LogP contribution in [0, 0.1) is 5.82 Å². The Morgan fingerprint density at radius 3 is 2.73 bits per heavy atom. The summed E-state index contributed by atoms with van der Waals surface area (Å²) < 4.78 is 20.0. The van der Waals surface area contributed by atoms with E-state index in [0.717, 1.165) is 42.3 Å². The lowest BCUT2D eigenvalue weighted by atomic mass is 9.91. The molecule has 0 N–H and O–H groups in total. The molecule has 154 valence electrons. The van der Waals surface area contributed by atoms with E-state index < -0.39 is 0 Å². The normalized spacial score (nSPS) is 20.2. The lowest BCUT2D eigenvalue weighted by Crippen LogP contribution is -2.44. The molecule has 2 aliphatic rings. The summed E-state index contributed by atoms with van der Waals surface area (Å²) in [4.78, 5) is 19.9. The molecule has 1 amide bonds. The third kappa shape index (κ3) is 3.55. The molecule has 1 aliphatic carbocycles. The lowest BCUT2D eigenvalue weighted by Gasteiger charge is -2.34. The quantitative estimate of drug-likeness (QED) is 0.534. The zero-order valence-corrected chi connectivity index (χ0v) is 17.9. The topological polar surface area (TPSA) is 59.2 Å². The van der Waals surface area contributed by atoms with Crippen LogP contribution >= 0.6 is 15.9 Å². The number of piperidine rings is 1. The number of carbonyl (C=O) groups excluding carboxylic acids is 1. The first kappa shape index (κ1) is 19.4. The maximum absolute atomic E-state index is 13.5. The molecule has 0 bridgehead atoms. The molecule has 30 heavy (non-hydrogen) atoms. The number of benzene rings is 2. The van der Waals surface area contributed by atoms with Crippen LogP contribution in [0.1, 0.15) is 43.1 Å². The first-order valence-electron chi connectivity index (χ1n) is 10.2. The molecular weight excluding hydrogens is 449 g/mol. The Morgan fingerprint density at radius 1 is 1.20 bits per heavy atom. The van der Waals surface area contributed by atoms with Gasteiger partial charge in [-0.2, -0.15) is 4.98 Å². The lowest BCUT2D eigenvalue weighted by molar-refractivity contribution is -0.135. The molecule has 1 atom stereocenters. The van der Waals surface area contributed by atoms with E-state index in [1.54, 1.807) is 12.1 Å². The highest BCUT2D eigenvalue weighted by Crippen LogP contribution is 2.50. The Kier molecular flexibility index (Phi) is 4.93. The number of carbonyl (C=O) groups is 1. The molecule has 2 heterocycles. The van der Waals surface area contributed by atoms with Gasteiger partial charge in [0.15, 0.2) is 0 Å². The van der Waals surface area contributed by atoms with Crippen molar-refractivity contribution < 1.29 is 13.7 Å². The van der Waals surface area contributed by atoms with E-state index in [4.69, 9.17) is 4.52 Å². The zero-order valence-electron chi connectivity index (χ0n) is 16.4. The van der Waals surface area contributed by atoms with Crippen LogP contribution in [0.25, 0.3) is 11.4 Å². The zero-order chi connectivity index (χ0) is 20.7. The summed E-state index contributed by atoms with van der Waals surface area (Å²) in [6.45, 7) is 1.32. The fourth-order valence-electron chi connectivity index (χ4n) is 4.33. The molecule has 1 aromatic heterocycles. The van der Waals surface area contributed by atoms with Crippen molar-refractivity contribution >= 4 is 21.8 Å². The first-order valence-corrected chi connectivity index (χ1v) is 11.0. The minimum absolute atomic E-state index is 0.00164. The van der Waals surface area contributed by atoms with E-state index in [2.05, 4.69) is 26.1 Å². The summed E-state index contributed by atoms with van der Waals surface area (Å²) in [7, 11) is 0. The van der Waals surface area contributed by atoms with Crippen LogP contribution in [0.4, 0.5) is 4.39 Å². The molecule has 7 heteroatoms. The van der Waals surface area contributed by atoms with Crippen molar-refractivity contribution in [3.8, 4) is 11.4 Å². The fourth-order valence-corrected chi connectivity index (χ4v) is 4.60. The second-order valence-electron chi connectivity index (χ2n) is 8.15. The van der Waals surface area contributed by atoms with Crippen LogP contribution in [-0.4, -0.2) is 34.0 Å². The fraction of sp³-hybridized carbons (Fsp3) is 0.348. The monoisotopic (exact) mass is 469 g/mol. The van der Waals surface area contributed by atoms with Gasteiger partial charge in [0.25, 0.3) is 0 Å². The van der Waals surface area contributed by atoms with Crippen molar-refractivity contribution in [1.82, 2.24) is 15.0 Å². The number of hydrogen-bond donors (Lipinski definition) is 0. The summed E-state index contributed by atoms with van der Waals surface area (Å²) in [5.41, 5.74) is 1.29. The van der Waals surface area contributed by atoms with Gasteiger partial charge >= 0.3 is 0 Å². The van der Waals surface area contributed by atoms with Crippen LogP contribution in [0.15, 0.2) is 57.5 Å². The maximum Gasteiger partial charge on any atom is 0.233 e. The highest BCUT2D eigenvalue weighted by atomic mass is 79.9. The van der Waals surface area contributed by atoms with Gasteiger partial charge < -0.3 is 9.42 Å². The summed E-state index contributed by atoms with van der Waals surface area (Å²) >= 11 is 3.46. The van der Waals surface area contributed by atoms with Crippen LogP contribution in [0.3, 0.4) is 0 Å². The summed E-state index contributed by atoms with van der Waals surface area (Å²) in [6.07, 6.45) is 3.56. The molecule has 2 fully saturated rings. The number of aromatic nitrogens is 2. The van der Waals surface area contributed by atoms with E-state index in [1.165, 1.54) is 12.1 Å². The smallest absolute Gasteiger partial charge is 0.233 e. The van der Waals surface area contributed by atoms with Gasteiger partial charge in [-0.1, -0.05) is 45.4 Å². The number of likely N-dealkylation sites (tertiary alicyclic amines) is 1. The highest BCUT2D eigenvalue weighted by Gasteiger charge is 2.53. The number of amides is 1. The standard InChI is InChI=1S/C23H21BrFN3O2/c24-18-8-6-17(7-9-18)23(10-11-23)22(29)28-12-2-4-16(14-28)21-26-20(27-30-21)15-3-1-5-19(25)13-15/h1,3,5-9,13,16H,2,4,10-12,14H2. The van der Waals surface area contributed by atoms with Crippen LogP contribution in [0.2, 0.25) is 0 Å². The second kappa shape index (κ2) is 7.61. The average molecular weight is 470 g/mol. The van der Waals surface area contributed by atoms with E-state index in [9.17, 15) is 9.18 Å². The Labute approximate surface area is 182 Å². The van der Waals surface area contributed by atoms with Crippen molar-refractivity contribution in [2.24, 2.45) is 0 Å². The number of rotatable bonds is 4. The van der Waals surface area contributed by atoms with E-state index in [1.807, 2.05) is 29.2 Å². The predicted octanol–water partition coefficient (Wildman–Crippen LogP) is 5.08. The van der Waals surface area contributed by atoms with E-state index in [-0.39, 0.29) is 23.1 Å². The second-order valence-corrected chi connectivity index (χ2v) is 9.06. The van der Waals surface area contributed by atoms with Gasteiger partial charge in [-0.3, -0.25) is 4.79 Å². The molecular formula is C23H21BrFN3O2. The van der Waals surface area contributed by atoms with Gasteiger partial charge in [-0.25, -0.2) is 4.39 Å². The molecule has 5 rings (SSSR count). The van der Waals surface area contributed by atoms with Gasteiger partial charge in [0, 0.05) is 23.1 Å². The minimum atomic E-state index is -0.385. The van der Waals surface area contributed by atoms with Crippen molar-refractivity contribution in [1.29, 1.82) is 0 Å². The maximum atomic E-state index is 13.5. The molecule has 3 aromatic rings. The van der Waals surface area contributed by atoms with Crippen molar-refractivity contribution in [3.05, 3.63) is 70.3 Å². The number of halogens is 2. The average Bonchev–Trinajstić information content (AvgIpc) is 3.42. The first-order chi connectivity index (χ1) is 14.5. The predicted molar refractivity (Wildman–Crippen MR) is 113 cm³/mol. The molecule has 0 spiro atoms.